The third-order valence-corrected chi connectivity index (χ3v) is 9.05. The van der Waals surface area contributed by atoms with Gasteiger partial charge in [-0.2, -0.15) is 0 Å². The summed E-state index contributed by atoms with van der Waals surface area (Å²) in [6.45, 7) is 7.08. The van der Waals surface area contributed by atoms with E-state index in [9.17, 15) is 9.59 Å². The molecule has 3 rings (SSSR count). The molecule has 0 radical (unpaired) electrons. The lowest BCUT2D eigenvalue weighted by Crippen LogP contribution is -2.28. The van der Waals surface area contributed by atoms with Crippen LogP contribution in [0.25, 0.3) is 5.70 Å². The lowest BCUT2D eigenvalue weighted by Gasteiger charge is -2.21. The maximum atomic E-state index is 12.7. The third-order valence-electron chi connectivity index (χ3n) is 6.60. The topological polar surface area (TPSA) is 159 Å². The van der Waals surface area contributed by atoms with E-state index in [1.54, 1.807) is 24.3 Å². The molecule has 0 aromatic heterocycles. The Morgan fingerprint density at radius 3 is 1.20 bits per heavy atom. The van der Waals surface area contributed by atoms with Crippen LogP contribution in [0, 0.1) is 0 Å². The van der Waals surface area contributed by atoms with E-state index in [4.69, 9.17) is 29.5 Å². The molecule has 11 nitrogen and oxygen atoms in total. The van der Waals surface area contributed by atoms with E-state index in [0.29, 0.717) is 57.2 Å². The summed E-state index contributed by atoms with van der Waals surface area (Å²) in [5.74, 6) is -0.421. The Morgan fingerprint density at radius 1 is 0.522 bits per heavy atom. The largest absolute Gasteiger partial charge is 0.394 e. The van der Waals surface area contributed by atoms with Crippen molar-refractivity contribution < 1.29 is 39.1 Å². The fraction of sp³-hybridized carbons (Fsp3) is 0.353. The summed E-state index contributed by atoms with van der Waals surface area (Å²) < 4.78 is 15.7. The van der Waals surface area contributed by atoms with Gasteiger partial charge in [-0.15, -0.1) is 0 Å². The predicted molar refractivity (Wildman–Crippen MR) is 181 cm³/mol. The number of rotatable bonds is 22. The molecule has 6 N–H and O–H groups in total. The van der Waals surface area contributed by atoms with Gasteiger partial charge in [-0.3, -0.25) is 9.59 Å². The van der Waals surface area contributed by atoms with Crippen molar-refractivity contribution in [1.29, 1.82) is 0 Å². The molecule has 12 heteroatoms. The van der Waals surface area contributed by atoms with Gasteiger partial charge in [0, 0.05) is 36.5 Å². The summed E-state index contributed by atoms with van der Waals surface area (Å²) in [6.07, 6.45) is 0. The van der Waals surface area contributed by atoms with Crippen LogP contribution in [-0.4, -0.2) is 106 Å². The lowest BCUT2D eigenvalue weighted by atomic mass is 10.2. The van der Waals surface area contributed by atoms with Crippen LogP contribution < -0.4 is 31.9 Å². The van der Waals surface area contributed by atoms with Crippen molar-refractivity contribution >= 4 is 41.3 Å². The second-order valence-electron chi connectivity index (χ2n) is 9.90. The molecule has 3 aromatic rings. The number of amides is 2. The molecule has 0 fully saturated rings. The SMILES string of the molecule is C=C(NCCOCCO)c1ccc(P(c2ccc(C(=O)NCCOCCO)cc2)c2ccc(C(=O)NCCOCCO)cc2)cc1. The summed E-state index contributed by atoms with van der Waals surface area (Å²) >= 11 is 0. The maximum Gasteiger partial charge on any atom is 0.251 e. The maximum absolute atomic E-state index is 12.7. The fourth-order valence-electron chi connectivity index (χ4n) is 4.34. The quantitative estimate of drug-likeness (QED) is 0.0671. The van der Waals surface area contributed by atoms with Crippen molar-refractivity contribution in [2.24, 2.45) is 0 Å². The molecule has 0 bridgehead atoms. The number of ether oxygens (including phenoxy) is 3. The highest BCUT2D eigenvalue weighted by Gasteiger charge is 2.18. The molecule has 0 saturated carbocycles. The van der Waals surface area contributed by atoms with Crippen molar-refractivity contribution in [2.75, 3.05) is 79.1 Å². The molecule has 0 saturated heterocycles. The molecule has 0 unspecified atom stereocenters. The molecule has 0 heterocycles. The number of carbonyl (C=O) groups is 2. The van der Waals surface area contributed by atoms with E-state index >= 15 is 0 Å². The highest BCUT2D eigenvalue weighted by Crippen LogP contribution is 2.33. The second-order valence-corrected chi connectivity index (χ2v) is 12.1. The Kier molecular flexibility index (Phi) is 16.9. The van der Waals surface area contributed by atoms with E-state index < -0.39 is 7.92 Å². The van der Waals surface area contributed by atoms with E-state index in [-0.39, 0.29) is 44.8 Å². The number of hydrogen-bond donors (Lipinski definition) is 6. The van der Waals surface area contributed by atoms with E-state index in [0.717, 1.165) is 27.2 Å². The minimum absolute atomic E-state index is 0.0135. The van der Waals surface area contributed by atoms with Gasteiger partial charge >= 0.3 is 0 Å². The van der Waals surface area contributed by atoms with Crippen LogP contribution in [0.1, 0.15) is 26.3 Å². The zero-order valence-electron chi connectivity index (χ0n) is 26.0. The highest BCUT2D eigenvalue weighted by atomic mass is 31.1. The molecule has 0 aliphatic carbocycles. The number of benzene rings is 3. The summed E-state index contributed by atoms with van der Waals surface area (Å²) in [6, 6.07) is 23.2. The van der Waals surface area contributed by atoms with Gasteiger partial charge in [0.2, 0.25) is 0 Å². The first-order chi connectivity index (χ1) is 22.5. The van der Waals surface area contributed by atoms with Gasteiger partial charge in [0.05, 0.1) is 59.5 Å². The second kappa shape index (κ2) is 21.2. The Labute approximate surface area is 271 Å². The Hall–Kier alpha value is -3.67. The highest BCUT2D eigenvalue weighted by molar-refractivity contribution is 7.79. The zero-order chi connectivity index (χ0) is 33.0. The molecule has 0 atom stereocenters. The van der Waals surface area contributed by atoms with Gasteiger partial charge in [0.1, 0.15) is 0 Å². The first-order valence-corrected chi connectivity index (χ1v) is 16.5. The van der Waals surface area contributed by atoms with Gasteiger partial charge in [-0.05, 0) is 53.7 Å². The summed E-state index contributed by atoms with van der Waals surface area (Å²) in [5.41, 5.74) is 2.75. The molecule has 2 amide bonds. The number of hydrogen-bond acceptors (Lipinski definition) is 9. The average molecular weight is 654 g/mol. The summed E-state index contributed by atoms with van der Waals surface area (Å²) in [4.78, 5) is 25.3. The predicted octanol–water partition coefficient (Wildman–Crippen LogP) is 0.491. The number of aliphatic hydroxyl groups is 3. The molecule has 0 spiro atoms. The van der Waals surface area contributed by atoms with Crippen LogP contribution in [0.4, 0.5) is 0 Å². The van der Waals surface area contributed by atoms with Crippen molar-refractivity contribution in [3.63, 3.8) is 0 Å². The van der Waals surface area contributed by atoms with E-state index in [2.05, 4.69) is 34.7 Å². The molecular formula is C34H44N3O8P. The normalized spacial score (nSPS) is 11.0. The first-order valence-electron chi connectivity index (χ1n) is 15.1. The molecule has 0 aliphatic rings. The summed E-state index contributed by atoms with van der Waals surface area (Å²) in [7, 11) is -1.04. The number of nitrogens with one attached hydrogen (secondary N) is 3. The average Bonchev–Trinajstić information content (AvgIpc) is 3.08. The summed E-state index contributed by atoms with van der Waals surface area (Å²) in [5, 5.41) is 38.5. The first kappa shape index (κ1) is 36.8. The van der Waals surface area contributed by atoms with Crippen LogP contribution in [0.2, 0.25) is 0 Å². The van der Waals surface area contributed by atoms with Crippen molar-refractivity contribution in [3.05, 3.63) is 96.1 Å². The number of carbonyl (C=O) groups excluding carboxylic acids is 2. The lowest BCUT2D eigenvalue weighted by molar-refractivity contribution is 0.0834. The van der Waals surface area contributed by atoms with Crippen LogP contribution in [0.5, 0.6) is 0 Å². The smallest absolute Gasteiger partial charge is 0.251 e. The van der Waals surface area contributed by atoms with Crippen LogP contribution in [0.3, 0.4) is 0 Å². The third kappa shape index (κ3) is 12.3. The Morgan fingerprint density at radius 2 is 0.848 bits per heavy atom. The van der Waals surface area contributed by atoms with E-state index in [1.165, 1.54) is 0 Å². The van der Waals surface area contributed by atoms with Gasteiger partial charge in [-0.25, -0.2) is 0 Å². The van der Waals surface area contributed by atoms with Crippen LogP contribution in [0.15, 0.2) is 79.4 Å². The fourth-order valence-corrected chi connectivity index (χ4v) is 6.57. The molecule has 248 valence electrons. The van der Waals surface area contributed by atoms with Gasteiger partial charge in [0.15, 0.2) is 0 Å². The van der Waals surface area contributed by atoms with Crippen molar-refractivity contribution in [2.45, 2.75) is 0 Å². The van der Waals surface area contributed by atoms with Gasteiger partial charge in [0.25, 0.3) is 11.8 Å². The number of aliphatic hydroxyl groups excluding tert-OH is 3. The van der Waals surface area contributed by atoms with Crippen molar-refractivity contribution in [3.8, 4) is 0 Å². The minimum Gasteiger partial charge on any atom is -0.394 e. The molecule has 3 aromatic carbocycles. The zero-order valence-corrected chi connectivity index (χ0v) is 26.8. The van der Waals surface area contributed by atoms with E-state index in [1.807, 2.05) is 36.4 Å². The Bertz CT molecular complexity index is 1170. The standard InChI is InChI=1S/C34H44N3O8P/c1-26(35-14-20-43-23-17-38)27-2-8-30(9-3-27)46(31-10-4-28(5-11-31)33(41)36-15-21-44-24-18-39)32-12-6-29(7-13-32)34(42)37-16-22-45-25-19-40/h2-13,35,38-40H,1,14-25H2,(H,36,41)(H,37,42). The molecular weight excluding hydrogens is 609 g/mol. The monoisotopic (exact) mass is 653 g/mol. The van der Waals surface area contributed by atoms with Gasteiger partial charge < -0.3 is 45.5 Å². The van der Waals surface area contributed by atoms with Crippen LogP contribution in [-0.2, 0) is 14.2 Å². The van der Waals surface area contributed by atoms with Gasteiger partial charge in [-0.1, -0.05) is 55.1 Å². The molecule has 0 aliphatic heterocycles. The Balaban J connectivity index is 1.78. The minimum atomic E-state index is -1.04. The molecule has 46 heavy (non-hydrogen) atoms. The van der Waals surface area contributed by atoms with Crippen LogP contribution >= 0.6 is 7.92 Å². The van der Waals surface area contributed by atoms with Crippen molar-refractivity contribution in [1.82, 2.24) is 16.0 Å².